The predicted octanol–water partition coefficient (Wildman–Crippen LogP) is 4.70. The van der Waals surface area contributed by atoms with Crippen molar-refractivity contribution in [2.45, 2.75) is 0 Å². The molecule has 3 aromatic rings. The number of Topliss-reactive ketones (excluding diaryl/α,β-unsaturated/α-hetero) is 1. The SMILES string of the molecule is O=C(COC(=O)c1cccc2ccccc12)c1ccc(Br)s1. The van der Waals surface area contributed by atoms with Crippen molar-refractivity contribution in [1.82, 2.24) is 0 Å². The number of hydrogen-bond acceptors (Lipinski definition) is 4. The number of carbonyl (C=O) groups is 2. The highest BCUT2D eigenvalue weighted by Crippen LogP contribution is 2.23. The molecule has 2 aromatic carbocycles. The summed E-state index contributed by atoms with van der Waals surface area (Å²) in [5.74, 6) is -0.690. The Morgan fingerprint density at radius 3 is 2.55 bits per heavy atom. The summed E-state index contributed by atoms with van der Waals surface area (Å²) in [7, 11) is 0. The molecule has 3 nitrogen and oxygen atoms in total. The quantitative estimate of drug-likeness (QED) is 0.490. The fourth-order valence-corrected chi connectivity index (χ4v) is 3.46. The van der Waals surface area contributed by atoms with E-state index in [4.69, 9.17) is 4.74 Å². The molecule has 0 saturated heterocycles. The van der Waals surface area contributed by atoms with Crippen LogP contribution in [0.5, 0.6) is 0 Å². The molecule has 0 unspecified atom stereocenters. The number of fused-ring (bicyclic) bond motifs is 1. The lowest BCUT2D eigenvalue weighted by atomic mass is 10.1. The smallest absolute Gasteiger partial charge is 0.339 e. The van der Waals surface area contributed by atoms with Crippen LogP contribution in [0.15, 0.2) is 58.4 Å². The van der Waals surface area contributed by atoms with E-state index in [-0.39, 0.29) is 12.4 Å². The van der Waals surface area contributed by atoms with Gasteiger partial charge in [-0.05, 0) is 44.9 Å². The van der Waals surface area contributed by atoms with Crippen LogP contribution in [-0.4, -0.2) is 18.4 Å². The Labute approximate surface area is 139 Å². The van der Waals surface area contributed by atoms with Crippen molar-refractivity contribution in [3.8, 4) is 0 Å². The van der Waals surface area contributed by atoms with Gasteiger partial charge in [0.25, 0.3) is 0 Å². The molecule has 0 fully saturated rings. The number of halogens is 1. The van der Waals surface area contributed by atoms with Gasteiger partial charge in [0.15, 0.2) is 6.61 Å². The van der Waals surface area contributed by atoms with Gasteiger partial charge >= 0.3 is 5.97 Å². The molecule has 0 saturated carbocycles. The van der Waals surface area contributed by atoms with E-state index >= 15 is 0 Å². The third kappa shape index (κ3) is 3.10. The maximum atomic E-state index is 12.2. The highest BCUT2D eigenvalue weighted by Gasteiger charge is 2.15. The number of esters is 1. The van der Waals surface area contributed by atoms with E-state index in [0.29, 0.717) is 10.4 Å². The van der Waals surface area contributed by atoms with Crippen molar-refractivity contribution in [3.05, 3.63) is 68.8 Å². The van der Waals surface area contributed by atoms with E-state index in [1.165, 1.54) is 11.3 Å². The fourth-order valence-electron chi connectivity index (χ4n) is 2.15. The summed E-state index contributed by atoms with van der Waals surface area (Å²) in [4.78, 5) is 24.8. The van der Waals surface area contributed by atoms with Gasteiger partial charge in [0.2, 0.25) is 5.78 Å². The van der Waals surface area contributed by atoms with Crippen molar-refractivity contribution < 1.29 is 14.3 Å². The summed E-state index contributed by atoms with van der Waals surface area (Å²) in [6.45, 7) is -0.255. The summed E-state index contributed by atoms with van der Waals surface area (Å²) in [5, 5.41) is 1.78. The first-order chi connectivity index (χ1) is 10.6. The van der Waals surface area contributed by atoms with Gasteiger partial charge in [-0.1, -0.05) is 36.4 Å². The molecule has 0 aliphatic heterocycles. The van der Waals surface area contributed by atoms with Crippen LogP contribution in [0.25, 0.3) is 10.8 Å². The molecule has 0 bridgehead atoms. The Morgan fingerprint density at radius 1 is 1.00 bits per heavy atom. The lowest BCUT2D eigenvalue weighted by molar-refractivity contribution is 0.0478. The van der Waals surface area contributed by atoms with Crippen LogP contribution in [-0.2, 0) is 4.74 Å². The van der Waals surface area contributed by atoms with Crippen LogP contribution in [0.3, 0.4) is 0 Å². The number of benzene rings is 2. The number of carbonyl (C=O) groups excluding carboxylic acids is 2. The zero-order valence-electron chi connectivity index (χ0n) is 11.4. The van der Waals surface area contributed by atoms with Crippen LogP contribution < -0.4 is 0 Å². The van der Waals surface area contributed by atoms with Gasteiger partial charge in [-0.25, -0.2) is 4.79 Å². The minimum absolute atomic E-state index is 0.204. The van der Waals surface area contributed by atoms with Gasteiger partial charge < -0.3 is 4.74 Å². The Hall–Kier alpha value is -1.98. The molecule has 3 rings (SSSR count). The normalized spacial score (nSPS) is 10.6. The molecule has 0 spiro atoms. The highest BCUT2D eigenvalue weighted by atomic mass is 79.9. The van der Waals surface area contributed by atoms with E-state index in [1.807, 2.05) is 30.3 Å². The number of hydrogen-bond donors (Lipinski definition) is 0. The maximum Gasteiger partial charge on any atom is 0.339 e. The summed E-state index contributed by atoms with van der Waals surface area (Å²) < 4.78 is 6.04. The summed E-state index contributed by atoms with van der Waals surface area (Å²) in [6.07, 6.45) is 0. The van der Waals surface area contributed by atoms with Crippen LogP contribution in [0.4, 0.5) is 0 Å². The third-order valence-electron chi connectivity index (χ3n) is 3.19. The van der Waals surface area contributed by atoms with Crippen LogP contribution >= 0.6 is 27.3 Å². The number of thiophene rings is 1. The molecular formula is C17H11BrO3S. The zero-order chi connectivity index (χ0) is 15.5. The minimum Gasteiger partial charge on any atom is -0.454 e. The van der Waals surface area contributed by atoms with Gasteiger partial charge in [-0.3, -0.25) is 4.79 Å². The molecule has 0 atom stereocenters. The van der Waals surface area contributed by atoms with E-state index in [1.54, 1.807) is 24.3 Å². The molecule has 0 N–H and O–H groups in total. The summed E-state index contributed by atoms with van der Waals surface area (Å²) in [6, 6.07) is 16.5. The molecule has 0 radical (unpaired) electrons. The Kier molecular flexibility index (Phi) is 4.36. The zero-order valence-corrected chi connectivity index (χ0v) is 13.8. The van der Waals surface area contributed by atoms with E-state index in [0.717, 1.165) is 14.6 Å². The minimum atomic E-state index is -0.485. The molecule has 110 valence electrons. The monoisotopic (exact) mass is 374 g/mol. The second-order valence-electron chi connectivity index (χ2n) is 4.63. The predicted molar refractivity (Wildman–Crippen MR) is 90.6 cm³/mol. The molecule has 22 heavy (non-hydrogen) atoms. The van der Waals surface area contributed by atoms with Crippen molar-refractivity contribution in [2.24, 2.45) is 0 Å². The first kappa shape index (κ1) is 14.9. The maximum absolute atomic E-state index is 12.2. The second kappa shape index (κ2) is 6.42. The van der Waals surface area contributed by atoms with Gasteiger partial charge in [0.1, 0.15) is 0 Å². The molecule has 0 amide bonds. The second-order valence-corrected chi connectivity index (χ2v) is 7.09. The largest absolute Gasteiger partial charge is 0.454 e. The average molecular weight is 375 g/mol. The van der Waals surface area contributed by atoms with Gasteiger partial charge in [0, 0.05) is 0 Å². The Balaban J connectivity index is 1.75. The highest BCUT2D eigenvalue weighted by molar-refractivity contribution is 9.11. The van der Waals surface area contributed by atoms with Crippen molar-refractivity contribution >= 4 is 49.8 Å². The summed E-state index contributed by atoms with van der Waals surface area (Å²) >= 11 is 4.62. The lowest BCUT2D eigenvalue weighted by Crippen LogP contribution is -2.13. The Bertz CT molecular complexity index is 848. The molecule has 0 aliphatic rings. The molecule has 0 aliphatic carbocycles. The van der Waals surface area contributed by atoms with Gasteiger partial charge in [-0.2, -0.15) is 0 Å². The summed E-state index contributed by atoms with van der Waals surface area (Å²) in [5.41, 5.74) is 0.471. The number of ether oxygens (including phenoxy) is 1. The fraction of sp³-hybridized carbons (Fsp3) is 0.0588. The topological polar surface area (TPSA) is 43.4 Å². The van der Waals surface area contributed by atoms with Crippen molar-refractivity contribution in [2.75, 3.05) is 6.61 Å². The molecular weight excluding hydrogens is 364 g/mol. The lowest BCUT2D eigenvalue weighted by Gasteiger charge is -2.06. The third-order valence-corrected chi connectivity index (χ3v) is 4.86. The van der Waals surface area contributed by atoms with E-state index < -0.39 is 5.97 Å². The van der Waals surface area contributed by atoms with Gasteiger partial charge in [-0.15, -0.1) is 11.3 Å². The first-order valence-corrected chi connectivity index (χ1v) is 8.19. The van der Waals surface area contributed by atoms with E-state index in [9.17, 15) is 9.59 Å². The van der Waals surface area contributed by atoms with Crippen LogP contribution in [0.1, 0.15) is 20.0 Å². The first-order valence-electron chi connectivity index (χ1n) is 6.58. The standard InChI is InChI=1S/C17H11BrO3S/c18-16-9-8-15(22-16)14(19)10-21-17(20)13-7-3-5-11-4-1-2-6-12(11)13/h1-9H,10H2. The van der Waals surface area contributed by atoms with Crippen LogP contribution in [0.2, 0.25) is 0 Å². The van der Waals surface area contributed by atoms with Crippen molar-refractivity contribution in [1.29, 1.82) is 0 Å². The van der Waals surface area contributed by atoms with Crippen LogP contribution in [0, 0.1) is 0 Å². The van der Waals surface area contributed by atoms with E-state index in [2.05, 4.69) is 15.9 Å². The number of rotatable bonds is 4. The molecule has 1 heterocycles. The van der Waals surface area contributed by atoms with Gasteiger partial charge in [0.05, 0.1) is 14.2 Å². The molecule has 5 heteroatoms. The number of ketones is 1. The average Bonchev–Trinajstić information content (AvgIpc) is 2.98. The van der Waals surface area contributed by atoms with Crippen molar-refractivity contribution in [3.63, 3.8) is 0 Å². The Morgan fingerprint density at radius 2 is 1.77 bits per heavy atom. The molecule has 1 aromatic heterocycles.